The zero-order valence-corrected chi connectivity index (χ0v) is 17.2. The molecule has 4 aromatic rings. The second-order valence-electron chi connectivity index (χ2n) is 6.86. The zero-order chi connectivity index (χ0) is 21.8. The molecule has 2 aromatic carbocycles. The number of nitrogens with one attached hydrogen (secondary N) is 2. The van der Waals surface area contributed by atoms with Crippen LogP contribution in [0.15, 0.2) is 60.9 Å². The van der Waals surface area contributed by atoms with E-state index in [9.17, 15) is 4.79 Å². The first-order valence-electron chi connectivity index (χ1n) is 9.83. The van der Waals surface area contributed by atoms with E-state index in [0.29, 0.717) is 35.2 Å². The highest BCUT2D eigenvalue weighted by Gasteiger charge is 2.12. The molecule has 0 radical (unpaired) electrons. The third-order valence-corrected chi connectivity index (χ3v) is 4.64. The van der Waals surface area contributed by atoms with Crippen LogP contribution in [-0.4, -0.2) is 27.5 Å². The van der Waals surface area contributed by atoms with Crippen molar-refractivity contribution in [3.8, 4) is 0 Å². The molecule has 4 N–H and O–H groups in total. The Kier molecular flexibility index (Phi) is 5.61. The van der Waals surface area contributed by atoms with E-state index in [2.05, 4.69) is 25.6 Å². The molecule has 8 nitrogen and oxygen atoms in total. The van der Waals surface area contributed by atoms with Crippen molar-refractivity contribution in [2.45, 2.75) is 13.8 Å². The van der Waals surface area contributed by atoms with Gasteiger partial charge in [0.1, 0.15) is 12.0 Å². The maximum atomic E-state index is 12.0. The number of carbonyl (C=O) groups is 1. The second kappa shape index (κ2) is 8.66. The number of aryl methyl sites for hydroxylation is 1. The van der Waals surface area contributed by atoms with Gasteiger partial charge in [-0.3, -0.25) is 4.98 Å². The third kappa shape index (κ3) is 4.37. The van der Waals surface area contributed by atoms with Crippen LogP contribution in [0.5, 0.6) is 0 Å². The highest BCUT2D eigenvalue weighted by Crippen LogP contribution is 2.31. The Labute approximate surface area is 179 Å². The van der Waals surface area contributed by atoms with E-state index in [1.165, 1.54) is 6.33 Å². The average Bonchev–Trinajstić information content (AvgIpc) is 2.77. The van der Waals surface area contributed by atoms with Gasteiger partial charge in [-0.2, -0.15) is 0 Å². The molecule has 0 saturated heterocycles. The van der Waals surface area contributed by atoms with Crippen LogP contribution < -0.4 is 16.4 Å². The Morgan fingerprint density at radius 3 is 2.61 bits per heavy atom. The van der Waals surface area contributed by atoms with Gasteiger partial charge >= 0.3 is 5.97 Å². The number of aromatic nitrogens is 3. The number of ether oxygens (including phenoxy) is 1. The molecule has 0 unspecified atom stereocenters. The Balaban J connectivity index is 1.61. The molecule has 2 heterocycles. The number of esters is 1. The van der Waals surface area contributed by atoms with Crippen molar-refractivity contribution in [1.82, 2.24) is 15.0 Å². The largest absolute Gasteiger partial charge is 0.462 e. The lowest BCUT2D eigenvalue weighted by molar-refractivity contribution is 0.0526. The molecule has 0 saturated carbocycles. The van der Waals surface area contributed by atoms with E-state index >= 15 is 0 Å². The molecule has 0 fully saturated rings. The third-order valence-electron chi connectivity index (χ3n) is 4.64. The molecule has 8 heteroatoms. The quantitative estimate of drug-likeness (QED) is 0.393. The van der Waals surface area contributed by atoms with Crippen LogP contribution in [-0.2, 0) is 4.74 Å². The molecular formula is C23H22N6O2. The van der Waals surface area contributed by atoms with Crippen molar-refractivity contribution >= 4 is 45.6 Å². The van der Waals surface area contributed by atoms with E-state index in [-0.39, 0.29) is 5.97 Å². The number of nitrogens with zero attached hydrogens (tertiary/aromatic N) is 3. The van der Waals surface area contributed by atoms with Gasteiger partial charge in [0, 0.05) is 22.5 Å². The summed E-state index contributed by atoms with van der Waals surface area (Å²) in [7, 11) is 0. The van der Waals surface area contributed by atoms with Gasteiger partial charge in [-0.25, -0.2) is 14.8 Å². The van der Waals surface area contributed by atoms with Crippen molar-refractivity contribution in [3.63, 3.8) is 0 Å². The average molecular weight is 414 g/mol. The summed E-state index contributed by atoms with van der Waals surface area (Å²) in [6, 6.07) is 16.7. The number of benzene rings is 2. The van der Waals surface area contributed by atoms with Gasteiger partial charge in [0.2, 0.25) is 0 Å². The van der Waals surface area contributed by atoms with Crippen LogP contribution in [0.1, 0.15) is 23.0 Å². The van der Waals surface area contributed by atoms with E-state index < -0.39 is 0 Å². The Morgan fingerprint density at radius 1 is 1.03 bits per heavy atom. The molecule has 0 bridgehead atoms. The number of hydrogen-bond acceptors (Lipinski definition) is 8. The molecule has 4 rings (SSSR count). The lowest BCUT2D eigenvalue weighted by Crippen LogP contribution is -2.07. The van der Waals surface area contributed by atoms with Crippen molar-refractivity contribution in [2.24, 2.45) is 0 Å². The van der Waals surface area contributed by atoms with Crippen LogP contribution in [0.2, 0.25) is 0 Å². The highest BCUT2D eigenvalue weighted by atomic mass is 16.5. The summed E-state index contributed by atoms with van der Waals surface area (Å²) in [5.41, 5.74) is 10.5. The summed E-state index contributed by atoms with van der Waals surface area (Å²) < 4.78 is 5.05. The van der Waals surface area contributed by atoms with Gasteiger partial charge in [0.15, 0.2) is 11.6 Å². The Morgan fingerprint density at radius 2 is 1.81 bits per heavy atom. The first-order valence-corrected chi connectivity index (χ1v) is 9.83. The van der Waals surface area contributed by atoms with E-state index in [1.807, 2.05) is 43.3 Å². The number of anilines is 5. The molecule has 156 valence electrons. The molecular weight excluding hydrogens is 392 g/mol. The van der Waals surface area contributed by atoms with Crippen molar-refractivity contribution < 1.29 is 9.53 Å². The molecule has 0 aliphatic rings. The smallest absolute Gasteiger partial charge is 0.338 e. The summed E-state index contributed by atoms with van der Waals surface area (Å²) in [5, 5.41) is 7.38. The Hall–Kier alpha value is -4.20. The van der Waals surface area contributed by atoms with Gasteiger partial charge in [-0.1, -0.05) is 12.1 Å². The van der Waals surface area contributed by atoms with Crippen LogP contribution in [0.4, 0.5) is 28.7 Å². The lowest BCUT2D eigenvalue weighted by Gasteiger charge is -2.14. The summed E-state index contributed by atoms with van der Waals surface area (Å²) in [6.07, 6.45) is 1.42. The minimum atomic E-state index is -0.385. The number of hydrogen-bond donors (Lipinski definition) is 3. The van der Waals surface area contributed by atoms with Crippen LogP contribution in [0.25, 0.3) is 10.9 Å². The standard InChI is InChI=1S/C23H22N6O2/c1-3-31-23(30)15-6-4-7-16(12-15)28-21-20(24)22(26-13-25-21)29-19-9-5-8-18-17(19)11-10-14(2)27-18/h4-13H,3,24H2,1-2H3,(H2,25,26,28,29). The summed E-state index contributed by atoms with van der Waals surface area (Å²) in [5.74, 6) is 0.504. The minimum Gasteiger partial charge on any atom is -0.462 e. The fourth-order valence-electron chi connectivity index (χ4n) is 3.16. The van der Waals surface area contributed by atoms with Crippen molar-refractivity contribution in [2.75, 3.05) is 23.0 Å². The number of fused-ring (bicyclic) bond motifs is 1. The molecule has 0 amide bonds. The molecule has 0 atom stereocenters. The van der Waals surface area contributed by atoms with E-state index in [0.717, 1.165) is 22.3 Å². The van der Waals surface area contributed by atoms with Gasteiger partial charge < -0.3 is 21.1 Å². The number of pyridine rings is 1. The number of nitrogen functional groups attached to an aromatic ring is 1. The molecule has 0 spiro atoms. The van der Waals surface area contributed by atoms with Crippen LogP contribution in [0, 0.1) is 6.92 Å². The van der Waals surface area contributed by atoms with Crippen LogP contribution >= 0.6 is 0 Å². The van der Waals surface area contributed by atoms with E-state index in [1.54, 1.807) is 25.1 Å². The second-order valence-corrected chi connectivity index (χ2v) is 6.86. The number of carbonyl (C=O) groups excluding carboxylic acids is 1. The van der Waals surface area contributed by atoms with Crippen LogP contribution in [0.3, 0.4) is 0 Å². The normalized spacial score (nSPS) is 10.6. The predicted molar refractivity (Wildman–Crippen MR) is 122 cm³/mol. The fourth-order valence-corrected chi connectivity index (χ4v) is 3.16. The number of rotatable bonds is 6. The lowest BCUT2D eigenvalue weighted by atomic mass is 10.1. The molecule has 31 heavy (non-hydrogen) atoms. The summed E-state index contributed by atoms with van der Waals surface area (Å²) >= 11 is 0. The van der Waals surface area contributed by atoms with E-state index in [4.69, 9.17) is 10.5 Å². The van der Waals surface area contributed by atoms with Gasteiger partial charge in [0.25, 0.3) is 0 Å². The monoisotopic (exact) mass is 414 g/mol. The minimum absolute atomic E-state index is 0.313. The number of nitrogens with two attached hydrogens (primary N) is 1. The highest BCUT2D eigenvalue weighted by molar-refractivity contribution is 5.95. The maximum Gasteiger partial charge on any atom is 0.338 e. The molecule has 0 aliphatic heterocycles. The van der Waals surface area contributed by atoms with Gasteiger partial charge in [-0.05, 0) is 56.3 Å². The molecule has 2 aromatic heterocycles. The fraction of sp³-hybridized carbons (Fsp3) is 0.130. The van der Waals surface area contributed by atoms with Crippen molar-refractivity contribution in [3.05, 3.63) is 72.2 Å². The van der Waals surface area contributed by atoms with Gasteiger partial charge in [0.05, 0.1) is 17.7 Å². The summed E-state index contributed by atoms with van der Waals surface area (Å²) in [6.45, 7) is 4.04. The SMILES string of the molecule is CCOC(=O)c1cccc(Nc2ncnc(Nc3cccc4nc(C)ccc34)c2N)c1. The maximum absolute atomic E-state index is 12.0. The topological polar surface area (TPSA) is 115 Å². The summed E-state index contributed by atoms with van der Waals surface area (Å²) in [4.78, 5) is 25.1. The first-order chi connectivity index (χ1) is 15.0. The van der Waals surface area contributed by atoms with Gasteiger partial charge in [-0.15, -0.1) is 0 Å². The first kappa shape index (κ1) is 20.1. The predicted octanol–water partition coefficient (Wildman–Crippen LogP) is 4.58. The van der Waals surface area contributed by atoms with Crippen molar-refractivity contribution in [1.29, 1.82) is 0 Å². The molecule has 0 aliphatic carbocycles. The zero-order valence-electron chi connectivity index (χ0n) is 17.2. The Bertz CT molecular complexity index is 1260.